The van der Waals surface area contributed by atoms with Crippen LogP contribution in [0.25, 0.3) is 11.5 Å². The van der Waals surface area contributed by atoms with Crippen molar-refractivity contribution in [1.82, 2.24) is 10.1 Å². The molecule has 0 spiro atoms. The van der Waals surface area contributed by atoms with E-state index in [9.17, 15) is 4.79 Å². The summed E-state index contributed by atoms with van der Waals surface area (Å²) in [6.07, 6.45) is 2.83. The summed E-state index contributed by atoms with van der Waals surface area (Å²) in [5, 5.41) is 3.51. The van der Waals surface area contributed by atoms with E-state index in [1.54, 1.807) is 6.92 Å². The number of aryl methyl sites for hydroxylation is 1. The molecular weight excluding hydrogens is 200 g/mol. The normalized spacial score (nSPS) is 10.3. The fourth-order valence-corrected chi connectivity index (χ4v) is 1.12. The maximum absolute atomic E-state index is 11.2. The number of hydrogen-bond donors (Lipinski definition) is 0. The smallest absolute Gasteiger partial charge is 0.360 e. The van der Waals surface area contributed by atoms with Crippen molar-refractivity contribution in [2.24, 2.45) is 0 Å². The molecule has 2 heterocycles. The summed E-state index contributed by atoms with van der Waals surface area (Å²) in [5.74, 6) is 0.158. The number of carbonyl (C=O) groups excluding carboxylic acids is 1. The Hall–Kier alpha value is -2.11. The maximum atomic E-state index is 11.2. The van der Waals surface area contributed by atoms with Crippen LogP contribution >= 0.6 is 0 Å². The van der Waals surface area contributed by atoms with Gasteiger partial charge in [0.1, 0.15) is 12.0 Å². The number of nitrogens with zero attached hydrogens (tertiary/aromatic N) is 2. The molecule has 0 N–H and O–H groups in total. The Bertz CT molecular complexity index is 472. The fraction of sp³-hybridized carbons (Fsp3) is 0.222. The molecule has 6 heteroatoms. The molecule has 0 aliphatic carbocycles. The second kappa shape index (κ2) is 3.56. The number of ether oxygens (including phenoxy) is 1. The van der Waals surface area contributed by atoms with Crippen LogP contribution in [0.1, 0.15) is 16.2 Å². The summed E-state index contributed by atoms with van der Waals surface area (Å²) in [6, 6.07) is 0. The monoisotopic (exact) mass is 208 g/mol. The van der Waals surface area contributed by atoms with Crippen LogP contribution in [-0.2, 0) is 4.74 Å². The highest BCUT2D eigenvalue weighted by Gasteiger charge is 2.18. The zero-order valence-corrected chi connectivity index (χ0v) is 8.18. The third kappa shape index (κ3) is 1.61. The standard InChI is InChI=1S/C9H8N2O4/c1-5-7(9(12)13-2)11-8(15-5)6-3-10-14-4-6/h3-4H,1-2H3. The molecule has 6 nitrogen and oxygen atoms in total. The summed E-state index contributed by atoms with van der Waals surface area (Å²) in [4.78, 5) is 15.2. The van der Waals surface area contributed by atoms with E-state index in [2.05, 4.69) is 19.4 Å². The van der Waals surface area contributed by atoms with Crippen molar-refractivity contribution >= 4 is 5.97 Å². The lowest BCUT2D eigenvalue weighted by atomic mass is 10.3. The van der Waals surface area contributed by atoms with Gasteiger partial charge < -0.3 is 13.7 Å². The van der Waals surface area contributed by atoms with E-state index in [-0.39, 0.29) is 11.6 Å². The predicted molar refractivity (Wildman–Crippen MR) is 48.1 cm³/mol. The Morgan fingerprint density at radius 3 is 2.93 bits per heavy atom. The molecule has 0 saturated heterocycles. The van der Waals surface area contributed by atoms with Gasteiger partial charge in [-0.15, -0.1) is 0 Å². The molecule has 0 radical (unpaired) electrons. The average Bonchev–Trinajstić information content (AvgIpc) is 2.84. The molecule has 0 bridgehead atoms. The van der Waals surface area contributed by atoms with E-state index < -0.39 is 5.97 Å². The second-order valence-corrected chi connectivity index (χ2v) is 2.83. The summed E-state index contributed by atoms with van der Waals surface area (Å²) >= 11 is 0. The first kappa shape index (κ1) is 9.45. The van der Waals surface area contributed by atoms with Crippen molar-refractivity contribution in [2.45, 2.75) is 6.92 Å². The van der Waals surface area contributed by atoms with Crippen LogP contribution in [0.3, 0.4) is 0 Å². The zero-order valence-electron chi connectivity index (χ0n) is 8.18. The van der Waals surface area contributed by atoms with Crippen LogP contribution in [0.15, 0.2) is 21.4 Å². The van der Waals surface area contributed by atoms with Gasteiger partial charge in [-0.2, -0.15) is 0 Å². The average molecular weight is 208 g/mol. The molecule has 78 valence electrons. The number of rotatable bonds is 2. The van der Waals surface area contributed by atoms with E-state index >= 15 is 0 Å². The largest absolute Gasteiger partial charge is 0.464 e. The number of hydrogen-bond acceptors (Lipinski definition) is 6. The van der Waals surface area contributed by atoms with Crippen molar-refractivity contribution in [3.05, 3.63) is 23.9 Å². The summed E-state index contributed by atoms with van der Waals surface area (Å²) in [6.45, 7) is 1.64. The third-order valence-corrected chi connectivity index (χ3v) is 1.85. The van der Waals surface area contributed by atoms with Crippen LogP contribution in [0.4, 0.5) is 0 Å². The first-order valence-corrected chi connectivity index (χ1v) is 4.18. The minimum absolute atomic E-state index is 0.161. The van der Waals surface area contributed by atoms with Crippen molar-refractivity contribution < 1.29 is 18.5 Å². The quantitative estimate of drug-likeness (QED) is 0.694. The van der Waals surface area contributed by atoms with Crippen molar-refractivity contribution in [1.29, 1.82) is 0 Å². The minimum atomic E-state index is -0.529. The second-order valence-electron chi connectivity index (χ2n) is 2.83. The topological polar surface area (TPSA) is 78.4 Å². The number of aromatic nitrogens is 2. The van der Waals surface area contributed by atoms with Gasteiger partial charge in [-0.3, -0.25) is 0 Å². The van der Waals surface area contributed by atoms with Crippen molar-refractivity contribution in [2.75, 3.05) is 7.11 Å². The predicted octanol–water partition coefficient (Wildman–Crippen LogP) is 1.42. The molecular formula is C9H8N2O4. The van der Waals surface area contributed by atoms with E-state index in [1.165, 1.54) is 19.6 Å². The molecule has 0 aliphatic heterocycles. The van der Waals surface area contributed by atoms with E-state index in [1.807, 2.05) is 0 Å². The molecule has 0 amide bonds. The van der Waals surface area contributed by atoms with Gasteiger partial charge >= 0.3 is 5.97 Å². The third-order valence-electron chi connectivity index (χ3n) is 1.85. The highest BCUT2D eigenvalue weighted by molar-refractivity contribution is 5.88. The molecule has 15 heavy (non-hydrogen) atoms. The molecule has 0 aliphatic rings. The van der Waals surface area contributed by atoms with Crippen LogP contribution in [0.2, 0.25) is 0 Å². The maximum Gasteiger partial charge on any atom is 0.360 e. The van der Waals surface area contributed by atoms with Crippen molar-refractivity contribution in [3.8, 4) is 11.5 Å². The molecule has 0 fully saturated rings. The van der Waals surface area contributed by atoms with Crippen LogP contribution in [0.5, 0.6) is 0 Å². The Labute approximate surface area is 84.8 Å². The molecule has 2 rings (SSSR count). The number of oxazole rings is 1. The van der Waals surface area contributed by atoms with Gasteiger partial charge in [-0.1, -0.05) is 5.16 Å². The summed E-state index contributed by atoms with van der Waals surface area (Å²) < 4.78 is 14.5. The highest BCUT2D eigenvalue weighted by Crippen LogP contribution is 2.21. The lowest BCUT2D eigenvalue weighted by Gasteiger charge is -1.91. The first-order valence-electron chi connectivity index (χ1n) is 4.18. The van der Waals surface area contributed by atoms with Gasteiger partial charge in [-0.05, 0) is 6.92 Å². The first-order chi connectivity index (χ1) is 7.22. The fourth-order valence-electron chi connectivity index (χ4n) is 1.12. The molecule has 2 aromatic heterocycles. The van der Waals surface area contributed by atoms with Crippen LogP contribution in [-0.4, -0.2) is 23.2 Å². The van der Waals surface area contributed by atoms with Gasteiger partial charge in [0.15, 0.2) is 5.69 Å². The van der Waals surface area contributed by atoms with Gasteiger partial charge in [0, 0.05) is 0 Å². The van der Waals surface area contributed by atoms with E-state index in [0.29, 0.717) is 11.3 Å². The molecule has 0 aromatic carbocycles. The van der Waals surface area contributed by atoms with Gasteiger partial charge in [-0.25, -0.2) is 9.78 Å². The van der Waals surface area contributed by atoms with E-state index in [0.717, 1.165) is 0 Å². The van der Waals surface area contributed by atoms with Crippen LogP contribution in [0, 0.1) is 6.92 Å². The van der Waals surface area contributed by atoms with Gasteiger partial charge in [0.05, 0.1) is 18.9 Å². The molecule has 0 atom stereocenters. The lowest BCUT2D eigenvalue weighted by molar-refractivity contribution is 0.0593. The Morgan fingerprint density at radius 1 is 1.53 bits per heavy atom. The zero-order chi connectivity index (χ0) is 10.8. The number of carbonyl (C=O) groups is 1. The number of methoxy groups -OCH3 is 1. The summed E-state index contributed by atoms with van der Waals surface area (Å²) in [7, 11) is 1.29. The molecule has 2 aromatic rings. The van der Waals surface area contributed by atoms with E-state index in [4.69, 9.17) is 4.42 Å². The SMILES string of the molecule is COC(=O)c1nc(-c2cnoc2)oc1C. The Kier molecular flexibility index (Phi) is 2.24. The van der Waals surface area contributed by atoms with Gasteiger partial charge in [0.2, 0.25) is 5.89 Å². The van der Waals surface area contributed by atoms with Crippen molar-refractivity contribution in [3.63, 3.8) is 0 Å². The summed E-state index contributed by atoms with van der Waals surface area (Å²) in [5.41, 5.74) is 0.738. The highest BCUT2D eigenvalue weighted by atomic mass is 16.5. The Balaban J connectivity index is 2.41. The van der Waals surface area contributed by atoms with Crippen LogP contribution < -0.4 is 0 Å². The minimum Gasteiger partial charge on any atom is -0.464 e. The molecule has 0 unspecified atom stereocenters. The van der Waals surface area contributed by atoms with Gasteiger partial charge in [0.25, 0.3) is 0 Å². The molecule has 0 saturated carbocycles. The number of esters is 1. The Morgan fingerprint density at radius 2 is 2.33 bits per heavy atom. The lowest BCUT2D eigenvalue weighted by Crippen LogP contribution is -2.03.